The molecule has 2 aliphatic rings. The van der Waals surface area contributed by atoms with E-state index in [4.69, 9.17) is 0 Å². The summed E-state index contributed by atoms with van der Waals surface area (Å²) in [4.78, 5) is 8.63. The number of pyridine rings is 1. The number of hydrogen-bond donors (Lipinski definition) is 0. The third-order valence-corrected chi connectivity index (χ3v) is 3.61. The average Bonchev–Trinajstić information content (AvgIpc) is 3.14. The molecule has 0 atom stereocenters. The number of anilines is 1. The van der Waals surface area contributed by atoms with E-state index in [1.807, 2.05) is 6.07 Å². The Balaban J connectivity index is 1.56. The maximum Gasteiger partial charge on any atom is 0.214 e. The lowest BCUT2D eigenvalue weighted by Gasteiger charge is -2.35. The first-order valence-electron chi connectivity index (χ1n) is 6.41. The van der Waals surface area contributed by atoms with E-state index >= 15 is 0 Å². The van der Waals surface area contributed by atoms with Crippen molar-refractivity contribution in [1.82, 2.24) is 9.88 Å². The van der Waals surface area contributed by atoms with Crippen molar-refractivity contribution < 1.29 is 4.39 Å². The van der Waals surface area contributed by atoms with Crippen molar-refractivity contribution in [2.75, 3.05) is 37.6 Å². The van der Waals surface area contributed by atoms with Gasteiger partial charge in [-0.15, -0.1) is 0 Å². The Morgan fingerprint density at radius 1 is 1.18 bits per heavy atom. The molecule has 3 rings (SSSR count). The molecular formula is C13H18FN3. The first-order chi connectivity index (χ1) is 8.31. The molecule has 92 valence electrons. The average molecular weight is 235 g/mol. The van der Waals surface area contributed by atoms with Gasteiger partial charge in [0.15, 0.2) is 0 Å². The number of piperazine rings is 1. The van der Waals surface area contributed by atoms with E-state index in [1.54, 1.807) is 6.07 Å². The third-order valence-electron chi connectivity index (χ3n) is 3.61. The van der Waals surface area contributed by atoms with E-state index in [-0.39, 0.29) is 5.95 Å². The van der Waals surface area contributed by atoms with Gasteiger partial charge in [0.2, 0.25) is 5.95 Å². The molecule has 1 saturated carbocycles. The van der Waals surface area contributed by atoms with Gasteiger partial charge in [-0.25, -0.2) is 4.98 Å². The second-order valence-electron chi connectivity index (χ2n) is 5.05. The normalized spacial score (nSPS) is 21.8. The fraction of sp³-hybridized carbons (Fsp3) is 0.615. The zero-order chi connectivity index (χ0) is 11.7. The lowest BCUT2D eigenvalue weighted by atomic mass is 10.2. The minimum absolute atomic E-state index is 0.386. The van der Waals surface area contributed by atoms with Crippen LogP contribution in [-0.4, -0.2) is 42.6 Å². The Bertz CT molecular complexity index is 384. The summed E-state index contributed by atoms with van der Waals surface area (Å²) in [6, 6.07) is 5.01. The number of halogens is 1. The monoisotopic (exact) mass is 235 g/mol. The van der Waals surface area contributed by atoms with Crippen molar-refractivity contribution in [3.05, 3.63) is 24.1 Å². The van der Waals surface area contributed by atoms with Crippen LogP contribution in [0, 0.1) is 11.9 Å². The molecule has 1 aliphatic carbocycles. The molecule has 1 aliphatic heterocycles. The smallest absolute Gasteiger partial charge is 0.214 e. The molecule has 0 aromatic carbocycles. The van der Waals surface area contributed by atoms with Crippen LogP contribution in [0.25, 0.3) is 0 Å². The van der Waals surface area contributed by atoms with Crippen molar-refractivity contribution in [2.24, 2.45) is 5.92 Å². The van der Waals surface area contributed by atoms with Gasteiger partial charge in [-0.1, -0.05) is 6.07 Å². The zero-order valence-corrected chi connectivity index (χ0v) is 9.98. The molecule has 0 spiro atoms. The van der Waals surface area contributed by atoms with Gasteiger partial charge in [-0.05, 0) is 30.9 Å². The van der Waals surface area contributed by atoms with Gasteiger partial charge in [0, 0.05) is 32.7 Å². The molecule has 1 aromatic heterocycles. The highest BCUT2D eigenvalue weighted by Gasteiger charge is 2.26. The van der Waals surface area contributed by atoms with Crippen LogP contribution in [0.4, 0.5) is 10.2 Å². The van der Waals surface area contributed by atoms with Crippen LogP contribution < -0.4 is 4.90 Å². The predicted molar refractivity (Wildman–Crippen MR) is 65.6 cm³/mol. The molecule has 4 heteroatoms. The largest absolute Gasteiger partial charge is 0.354 e. The van der Waals surface area contributed by atoms with Crippen LogP contribution in [0.1, 0.15) is 12.8 Å². The summed E-state index contributed by atoms with van der Waals surface area (Å²) in [6.45, 7) is 5.33. The van der Waals surface area contributed by atoms with Crippen molar-refractivity contribution in [1.29, 1.82) is 0 Å². The van der Waals surface area contributed by atoms with Crippen molar-refractivity contribution in [3.8, 4) is 0 Å². The van der Waals surface area contributed by atoms with E-state index in [1.165, 1.54) is 25.5 Å². The van der Waals surface area contributed by atoms with E-state index < -0.39 is 0 Å². The van der Waals surface area contributed by atoms with Crippen molar-refractivity contribution in [2.45, 2.75) is 12.8 Å². The lowest BCUT2D eigenvalue weighted by molar-refractivity contribution is 0.247. The zero-order valence-electron chi connectivity index (χ0n) is 9.98. The van der Waals surface area contributed by atoms with E-state index in [2.05, 4.69) is 14.8 Å². The summed E-state index contributed by atoms with van der Waals surface area (Å²) in [5.74, 6) is 1.34. The molecule has 17 heavy (non-hydrogen) atoms. The first kappa shape index (κ1) is 11.0. The van der Waals surface area contributed by atoms with Gasteiger partial charge >= 0.3 is 0 Å². The Morgan fingerprint density at radius 2 is 1.94 bits per heavy atom. The van der Waals surface area contributed by atoms with Crippen molar-refractivity contribution >= 4 is 5.82 Å². The molecular weight excluding hydrogens is 217 g/mol. The van der Waals surface area contributed by atoms with Crippen LogP contribution >= 0.6 is 0 Å². The van der Waals surface area contributed by atoms with Gasteiger partial charge in [0.1, 0.15) is 5.82 Å². The summed E-state index contributed by atoms with van der Waals surface area (Å²) >= 11 is 0. The fourth-order valence-corrected chi connectivity index (χ4v) is 2.40. The second kappa shape index (κ2) is 4.61. The molecule has 0 bridgehead atoms. The number of rotatable bonds is 3. The molecule has 0 amide bonds. The van der Waals surface area contributed by atoms with Crippen LogP contribution in [0.2, 0.25) is 0 Å². The van der Waals surface area contributed by atoms with Gasteiger partial charge in [0.25, 0.3) is 0 Å². The standard InChI is InChI=1S/C13H18FN3/c14-12-2-1-3-13(15-12)17-8-6-16(7-9-17)10-11-4-5-11/h1-3,11H,4-10H2. The summed E-state index contributed by atoms with van der Waals surface area (Å²) < 4.78 is 13.0. The van der Waals surface area contributed by atoms with Crippen molar-refractivity contribution in [3.63, 3.8) is 0 Å². The minimum atomic E-state index is -0.386. The summed E-state index contributed by atoms with van der Waals surface area (Å²) in [5, 5.41) is 0. The minimum Gasteiger partial charge on any atom is -0.354 e. The second-order valence-corrected chi connectivity index (χ2v) is 5.05. The topological polar surface area (TPSA) is 19.4 Å². The van der Waals surface area contributed by atoms with Gasteiger partial charge < -0.3 is 4.90 Å². The summed E-state index contributed by atoms with van der Waals surface area (Å²) in [7, 11) is 0. The molecule has 0 radical (unpaired) electrons. The SMILES string of the molecule is Fc1cccc(N2CCN(CC3CC3)CC2)n1. The molecule has 1 aromatic rings. The van der Waals surface area contributed by atoms with Gasteiger partial charge in [-0.3, -0.25) is 4.90 Å². The Labute approximate surface area is 101 Å². The van der Waals surface area contributed by atoms with E-state index in [0.29, 0.717) is 0 Å². The highest BCUT2D eigenvalue weighted by Crippen LogP contribution is 2.30. The Kier molecular flexibility index (Phi) is 2.97. The van der Waals surface area contributed by atoms with E-state index in [9.17, 15) is 4.39 Å². The summed E-state index contributed by atoms with van der Waals surface area (Å²) in [6.07, 6.45) is 2.82. The lowest BCUT2D eigenvalue weighted by Crippen LogP contribution is -2.47. The first-order valence-corrected chi connectivity index (χ1v) is 6.41. The van der Waals surface area contributed by atoms with Crippen LogP contribution in [-0.2, 0) is 0 Å². The number of nitrogens with zero attached hydrogens (tertiary/aromatic N) is 3. The fourth-order valence-electron chi connectivity index (χ4n) is 2.40. The van der Waals surface area contributed by atoms with Gasteiger partial charge in [-0.2, -0.15) is 4.39 Å². The molecule has 3 nitrogen and oxygen atoms in total. The quantitative estimate of drug-likeness (QED) is 0.744. The molecule has 2 heterocycles. The van der Waals surface area contributed by atoms with Gasteiger partial charge in [0.05, 0.1) is 0 Å². The highest BCUT2D eigenvalue weighted by atomic mass is 19.1. The highest BCUT2D eigenvalue weighted by molar-refractivity contribution is 5.38. The maximum absolute atomic E-state index is 13.0. The summed E-state index contributed by atoms with van der Waals surface area (Å²) in [5.41, 5.74) is 0. The molecule has 2 fully saturated rings. The third kappa shape index (κ3) is 2.75. The Morgan fingerprint density at radius 3 is 2.59 bits per heavy atom. The molecule has 1 saturated heterocycles. The molecule has 0 unspecified atom stereocenters. The maximum atomic E-state index is 13.0. The molecule has 0 N–H and O–H groups in total. The predicted octanol–water partition coefficient (Wildman–Crippen LogP) is 1.75. The van der Waals surface area contributed by atoms with Crippen LogP contribution in [0.15, 0.2) is 18.2 Å². The number of hydrogen-bond acceptors (Lipinski definition) is 3. The Hall–Kier alpha value is -1.16. The number of aromatic nitrogens is 1. The van der Waals surface area contributed by atoms with Crippen LogP contribution in [0.5, 0.6) is 0 Å². The van der Waals surface area contributed by atoms with E-state index in [0.717, 1.165) is 37.9 Å². The van der Waals surface area contributed by atoms with Crippen LogP contribution in [0.3, 0.4) is 0 Å².